The van der Waals surface area contributed by atoms with Crippen LogP contribution in [0, 0.1) is 0 Å². The van der Waals surface area contributed by atoms with Crippen molar-refractivity contribution < 1.29 is 19.7 Å². The van der Waals surface area contributed by atoms with E-state index in [-0.39, 0.29) is 6.10 Å². The normalized spacial score (nSPS) is 27.9. The molecule has 2 bridgehead atoms. The summed E-state index contributed by atoms with van der Waals surface area (Å²) >= 11 is 0. The van der Waals surface area contributed by atoms with Crippen molar-refractivity contribution in [3.63, 3.8) is 0 Å². The summed E-state index contributed by atoms with van der Waals surface area (Å²) in [4.78, 5) is 15.1. The van der Waals surface area contributed by atoms with Crippen LogP contribution in [0.3, 0.4) is 0 Å². The zero-order valence-corrected chi connectivity index (χ0v) is 13.5. The highest BCUT2D eigenvalue weighted by atomic mass is 16.5. The minimum atomic E-state index is -1.39. The number of aliphatic hydroxyl groups excluding tert-OH is 2. The van der Waals surface area contributed by atoms with Crippen LogP contribution in [-0.4, -0.2) is 59.5 Å². The van der Waals surface area contributed by atoms with E-state index >= 15 is 0 Å². The van der Waals surface area contributed by atoms with E-state index in [9.17, 15) is 15.0 Å². The average molecular weight is 319 g/mol. The van der Waals surface area contributed by atoms with Crippen LogP contribution in [-0.2, 0) is 14.9 Å². The van der Waals surface area contributed by atoms with Crippen molar-refractivity contribution in [2.75, 3.05) is 20.3 Å². The fourth-order valence-electron chi connectivity index (χ4n) is 3.96. The van der Waals surface area contributed by atoms with Crippen molar-refractivity contribution in [2.45, 2.75) is 49.3 Å². The monoisotopic (exact) mass is 319 g/mol. The largest absolute Gasteiger partial charge is 0.461 e. The van der Waals surface area contributed by atoms with Crippen molar-refractivity contribution >= 4 is 5.97 Å². The SMILES string of the molecule is CN1[C@@H]2CC[C@@H]1CC(OC(=O)C(CO)(CO)c1ccccc1)C2. The van der Waals surface area contributed by atoms with Gasteiger partial charge >= 0.3 is 5.97 Å². The van der Waals surface area contributed by atoms with E-state index in [1.165, 1.54) is 0 Å². The number of ether oxygens (including phenoxy) is 1. The van der Waals surface area contributed by atoms with Gasteiger partial charge in [-0.3, -0.25) is 4.79 Å². The van der Waals surface area contributed by atoms with E-state index in [2.05, 4.69) is 11.9 Å². The first-order chi connectivity index (χ1) is 11.1. The molecular weight excluding hydrogens is 294 g/mol. The fraction of sp³-hybridized carbons (Fsp3) is 0.611. The van der Waals surface area contributed by atoms with Crippen molar-refractivity contribution in [1.82, 2.24) is 4.90 Å². The maximum absolute atomic E-state index is 12.8. The van der Waals surface area contributed by atoms with E-state index in [1.54, 1.807) is 24.3 Å². The van der Waals surface area contributed by atoms with Gasteiger partial charge in [0, 0.05) is 12.1 Å². The van der Waals surface area contributed by atoms with Crippen molar-refractivity contribution in [3.8, 4) is 0 Å². The number of benzene rings is 1. The van der Waals surface area contributed by atoms with Crippen LogP contribution in [0.4, 0.5) is 0 Å². The third-order valence-electron chi connectivity index (χ3n) is 5.59. The van der Waals surface area contributed by atoms with Gasteiger partial charge in [-0.1, -0.05) is 30.3 Å². The van der Waals surface area contributed by atoms with Gasteiger partial charge in [0.1, 0.15) is 11.5 Å². The van der Waals surface area contributed by atoms with E-state index in [0.29, 0.717) is 17.6 Å². The second-order valence-corrected chi connectivity index (χ2v) is 6.81. The summed E-state index contributed by atoms with van der Waals surface area (Å²) in [6.45, 7) is -0.933. The molecule has 1 aromatic carbocycles. The molecule has 2 aliphatic heterocycles. The van der Waals surface area contributed by atoms with Gasteiger partial charge < -0.3 is 19.8 Å². The van der Waals surface area contributed by atoms with Crippen LogP contribution in [0.15, 0.2) is 30.3 Å². The molecule has 126 valence electrons. The van der Waals surface area contributed by atoms with Gasteiger partial charge in [0.05, 0.1) is 13.2 Å². The Kier molecular flexibility index (Phi) is 4.71. The third kappa shape index (κ3) is 2.89. The molecular formula is C18H25NO4. The molecule has 0 aliphatic carbocycles. The van der Waals surface area contributed by atoms with Crippen molar-refractivity contribution in [1.29, 1.82) is 0 Å². The van der Waals surface area contributed by atoms with Crippen LogP contribution < -0.4 is 0 Å². The van der Waals surface area contributed by atoms with Crippen molar-refractivity contribution in [3.05, 3.63) is 35.9 Å². The number of carbonyl (C=O) groups is 1. The number of hydrogen-bond donors (Lipinski definition) is 2. The summed E-state index contributed by atoms with van der Waals surface area (Å²) in [6.07, 6.45) is 3.84. The summed E-state index contributed by atoms with van der Waals surface area (Å²) in [7, 11) is 2.14. The molecule has 2 N–H and O–H groups in total. The maximum atomic E-state index is 12.8. The Labute approximate surface area is 136 Å². The molecule has 2 aliphatic rings. The van der Waals surface area contributed by atoms with E-state index < -0.39 is 24.6 Å². The minimum Gasteiger partial charge on any atom is -0.461 e. The lowest BCUT2D eigenvalue weighted by atomic mass is 9.82. The molecule has 0 aromatic heterocycles. The Morgan fingerprint density at radius 2 is 1.74 bits per heavy atom. The second-order valence-electron chi connectivity index (χ2n) is 6.81. The first-order valence-corrected chi connectivity index (χ1v) is 8.31. The van der Waals surface area contributed by atoms with Crippen LogP contribution in [0.25, 0.3) is 0 Å². The van der Waals surface area contributed by atoms with Gasteiger partial charge in [-0.25, -0.2) is 0 Å². The molecule has 2 heterocycles. The zero-order chi connectivity index (χ0) is 16.4. The Morgan fingerprint density at radius 3 is 2.26 bits per heavy atom. The number of esters is 1. The smallest absolute Gasteiger partial charge is 0.321 e. The molecule has 1 aromatic rings. The van der Waals surface area contributed by atoms with Crippen LogP contribution in [0.1, 0.15) is 31.2 Å². The van der Waals surface area contributed by atoms with Gasteiger partial charge in [-0.2, -0.15) is 0 Å². The standard InChI is InChI=1S/C18H25NO4/c1-19-14-7-8-15(19)10-16(9-14)23-17(22)18(11-20,12-21)13-5-3-2-4-6-13/h2-6,14-16,20-21H,7-12H2,1H3/t14-,15-/m1/s1. The van der Waals surface area contributed by atoms with Gasteiger partial charge in [0.2, 0.25) is 0 Å². The number of hydrogen-bond acceptors (Lipinski definition) is 5. The average Bonchev–Trinajstić information content (AvgIpc) is 2.79. The maximum Gasteiger partial charge on any atom is 0.321 e. The molecule has 0 radical (unpaired) electrons. The van der Waals surface area contributed by atoms with Crippen LogP contribution in [0.2, 0.25) is 0 Å². The van der Waals surface area contributed by atoms with Gasteiger partial charge in [-0.15, -0.1) is 0 Å². The molecule has 0 spiro atoms. The number of rotatable bonds is 5. The van der Waals surface area contributed by atoms with Gasteiger partial charge in [-0.05, 0) is 38.3 Å². The van der Waals surface area contributed by atoms with Crippen molar-refractivity contribution in [2.24, 2.45) is 0 Å². The Hall–Kier alpha value is -1.43. The van der Waals surface area contributed by atoms with E-state index in [4.69, 9.17) is 4.74 Å². The highest BCUT2D eigenvalue weighted by Gasteiger charge is 2.45. The highest BCUT2D eigenvalue weighted by molar-refractivity contribution is 5.83. The number of fused-ring (bicyclic) bond motifs is 2. The second kappa shape index (κ2) is 6.59. The first kappa shape index (κ1) is 16.4. The van der Waals surface area contributed by atoms with E-state index in [1.807, 2.05) is 6.07 Å². The molecule has 5 nitrogen and oxygen atoms in total. The quantitative estimate of drug-likeness (QED) is 0.795. The molecule has 3 rings (SSSR count). The Balaban J connectivity index is 1.75. The number of carbonyl (C=O) groups excluding carboxylic acids is 1. The summed E-state index contributed by atoms with van der Waals surface area (Å²) < 4.78 is 5.74. The zero-order valence-electron chi connectivity index (χ0n) is 13.5. The van der Waals surface area contributed by atoms with Gasteiger partial charge in [0.25, 0.3) is 0 Å². The van der Waals surface area contributed by atoms with Crippen LogP contribution in [0.5, 0.6) is 0 Å². The summed E-state index contributed by atoms with van der Waals surface area (Å²) in [5, 5.41) is 19.6. The molecule has 2 saturated heterocycles. The molecule has 2 fully saturated rings. The van der Waals surface area contributed by atoms with Gasteiger partial charge in [0.15, 0.2) is 0 Å². The number of piperidine rings is 1. The van der Waals surface area contributed by atoms with Crippen LogP contribution >= 0.6 is 0 Å². The van der Waals surface area contributed by atoms with E-state index in [0.717, 1.165) is 25.7 Å². The summed E-state index contributed by atoms with van der Waals surface area (Å²) in [5.74, 6) is -0.525. The third-order valence-corrected chi connectivity index (χ3v) is 5.59. The molecule has 0 saturated carbocycles. The predicted octanol–water partition coefficient (Wildman–Crippen LogP) is 1.08. The first-order valence-electron chi connectivity index (χ1n) is 8.31. The predicted molar refractivity (Wildman–Crippen MR) is 86.0 cm³/mol. The fourth-order valence-corrected chi connectivity index (χ4v) is 3.96. The molecule has 0 unspecified atom stereocenters. The number of aliphatic hydroxyl groups is 2. The Bertz CT molecular complexity index is 529. The molecule has 2 atom stereocenters. The molecule has 0 amide bonds. The Morgan fingerprint density at radius 1 is 1.17 bits per heavy atom. The topological polar surface area (TPSA) is 70.0 Å². The lowest BCUT2D eigenvalue weighted by Gasteiger charge is -2.37. The lowest BCUT2D eigenvalue weighted by molar-refractivity contribution is -0.163. The molecule has 5 heteroatoms. The highest BCUT2D eigenvalue weighted by Crippen LogP contribution is 2.36. The lowest BCUT2D eigenvalue weighted by Crippen LogP contribution is -2.49. The summed E-state index contributed by atoms with van der Waals surface area (Å²) in [5.41, 5.74) is -0.796. The number of nitrogens with zero attached hydrogens (tertiary/aromatic N) is 1. The minimum absolute atomic E-state index is 0.127. The molecule has 23 heavy (non-hydrogen) atoms. The summed E-state index contributed by atoms with van der Waals surface area (Å²) in [6, 6.07) is 9.85.